The quantitative estimate of drug-likeness (QED) is 0.0499. The third kappa shape index (κ3) is 15.7. The Hall–Kier alpha value is -6.36. The number of hydrogen-bond donors (Lipinski definition) is 0. The van der Waals surface area contributed by atoms with Crippen LogP contribution in [-0.2, 0) is 31.6 Å². The first-order valence-corrected chi connectivity index (χ1v) is 33.4. The monoisotopic (exact) mass is 1260 g/mol. The van der Waals surface area contributed by atoms with Crippen molar-refractivity contribution in [3.05, 3.63) is 245 Å². The Balaban J connectivity index is 0.000000165. The average molecular weight is 1260 g/mol. The van der Waals surface area contributed by atoms with Crippen molar-refractivity contribution >= 4 is 31.6 Å². The maximum atomic E-state index is 15.3. The molecule has 460 valence electrons. The largest absolute Gasteiger partial charge is 0.417 e. The van der Waals surface area contributed by atoms with Crippen molar-refractivity contribution in [2.75, 3.05) is 0 Å². The Bertz CT molecular complexity index is 3090. The van der Waals surface area contributed by atoms with Gasteiger partial charge in [-0.05, 0) is 153 Å². The summed E-state index contributed by atoms with van der Waals surface area (Å²) in [6, 6.07) is 67.6. The first kappa shape index (κ1) is 66.6. The highest BCUT2D eigenvalue weighted by molar-refractivity contribution is 7.97. The summed E-state index contributed by atoms with van der Waals surface area (Å²) < 4.78 is 176. The van der Waals surface area contributed by atoms with Crippen LogP contribution in [0.15, 0.2) is 228 Å². The molecule has 0 atom stereocenters. The number of hydrogen-bond acceptors (Lipinski definition) is 2. The molecule has 0 N–H and O–H groups in total. The van der Waals surface area contributed by atoms with E-state index in [2.05, 4.69) is 182 Å². The summed E-state index contributed by atoms with van der Waals surface area (Å²) in [5.41, 5.74) is 0.318. The lowest BCUT2D eigenvalue weighted by molar-refractivity contribution is -0.271. The van der Waals surface area contributed by atoms with Gasteiger partial charge in [0, 0.05) is 12.5 Å². The van der Waals surface area contributed by atoms with E-state index in [9.17, 15) is 47.9 Å². The minimum Gasteiger partial charge on any atom is -0.217 e. The van der Waals surface area contributed by atoms with Crippen molar-refractivity contribution in [1.82, 2.24) is 0 Å². The maximum absolute atomic E-state index is 15.3. The minimum atomic E-state index is -6.15. The van der Waals surface area contributed by atoms with Gasteiger partial charge in [-0.25, -0.2) is 30.4 Å². The summed E-state index contributed by atoms with van der Waals surface area (Å²) in [5, 5.41) is -5.96. The first-order chi connectivity index (χ1) is 41.7. The van der Waals surface area contributed by atoms with Crippen LogP contribution in [0.3, 0.4) is 0 Å². The highest BCUT2D eigenvalue weighted by atomic mass is 32.2. The lowest BCUT2D eigenvalue weighted by Crippen LogP contribution is -2.56. The number of sulfone groups is 1. The maximum Gasteiger partial charge on any atom is 0.417 e. The van der Waals surface area contributed by atoms with Gasteiger partial charge < -0.3 is 0 Å². The standard InChI is InChI=1S/C28H38F6O2S.2C18H15S.C7H3F5/c1-26(29,30)27(31,32)28(33,34)37(35,36)25-23(20-13-7-3-8-14-20)17-22(19-11-5-2-6-12-19)18-24(25)21-15-9-4-10-16-21;2*1-4-10-16(11-5-1)19(17-12-6-2-7-13-17)18-14-8-3-9-15-18;1-2-3(8)5(10)7(12)6(11)4(2)9/h17-21H,2-16H2,1H3;2*1-15H;1H3/q;2*+1;. The molecular formula is C71H71F11O2S3+2. The highest BCUT2D eigenvalue weighted by Gasteiger charge is 2.76. The summed E-state index contributed by atoms with van der Waals surface area (Å²) in [5.74, 6) is -21.4. The predicted octanol–water partition coefficient (Wildman–Crippen LogP) is 21.7. The second-order valence-corrected chi connectivity index (χ2v) is 28.2. The normalized spacial score (nSPS) is 15.6. The van der Waals surface area contributed by atoms with E-state index >= 15 is 8.78 Å². The Kier molecular flexibility index (Phi) is 23.1. The van der Waals surface area contributed by atoms with Gasteiger partial charge in [-0.3, -0.25) is 0 Å². The zero-order valence-corrected chi connectivity index (χ0v) is 51.0. The van der Waals surface area contributed by atoms with Crippen molar-refractivity contribution in [3.63, 3.8) is 0 Å². The molecule has 3 saturated carbocycles. The molecule has 3 aliphatic carbocycles. The van der Waals surface area contributed by atoms with Crippen LogP contribution in [0.25, 0.3) is 0 Å². The summed E-state index contributed by atoms with van der Waals surface area (Å²) in [6.07, 6.45) is 12.1. The molecule has 0 spiro atoms. The van der Waals surface area contributed by atoms with Gasteiger partial charge in [-0.1, -0.05) is 179 Å². The molecule has 16 heteroatoms. The Morgan fingerprint density at radius 3 is 0.862 bits per heavy atom. The number of rotatable bonds is 13. The fraction of sp³-hybridized carbons (Fsp3) is 0.324. The molecule has 0 unspecified atom stereocenters. The molecule has 0 saturated heterocycles. The summed E-state index contributed by atoms with van der Waals surface area (Å²) in [6.45, 7) is 0.461. The topological polar surface area (TPSA) is 34.1 Å². The Morgan fingerprint density at radius 1 is 0.368 bits per heavy atom. The predicted molar refractivity (Wildman–Crippen MR) is 326 cm³/mol. The molecule has 87 heavy (non-hydrogen) atoms. The SMILES string of the molecule is CC(F)(F)C(F)(F)C(F)(F)S(=O)(=O)c1c(C2CCCCC2)cc(C2CCCCC2)cc1C1CCCCC1.Cc1c(F)c(F)c(F)c(F)c1F.c1ccc([S+](c2ccccc2)c2ccccc2)cc1.c1ccc([S+](c2ccccc2)c2ccccc2)cc1. The van der Waals surface area contributed by atoms with Crippen LogP contribution < -0.4 is 0 Å². The lowest BCUT2D eigenvalue weighted by atomic mass is 9.76. The number of alkyl halides is 6. The molecule has 2 nitrogen and oxygen atoms in total. The van der Waals surface area contributed by atoms with Crippen LogP contribution in [-0.4, -0.2) is 25.5 Å². The molecule has 8 aromatic carbocycles. The molecule has 0 radical (unpaired) electrons. The third-order valence-corrected chi connectivity index (χ3v) is 22.6. The van der Waals surface area contributed by atoms with E-state index in [4.69, 9.17) is 0 Å². The van der Waals surface area contributed by atoms with Gasteiger partial charge in [-0.15, -0.1) is 0 Å². The Morgan fingerprint density at radius 2 is 0.609 bits per heavy atom. The molecule has 0 aromatic heterocycles. The van der Waals surface area contributed by atoms with Gasteiger partial charge in [0.15, 0.2) is 52.6 Å². The second kappa shape index (κ2) is 30.2. The fourth-order valence-electron chi connectivity index (χ4n) is 11.5. The summed E-state index contributed by atoms with van der Waals surface area (Å²) in [4.78, 5) is 7.37. The molecule has 3 fully saturated rings. The molecule has 11 rings (SSSR count). The van der Waals surface area contributed by atoms with Gasteiger partial charge in [0.1, 0.15) is 0 Å². The van der Waals surface area contributed by atoms with Crippen LogP contribution in [0.1, 0.15) is 143 Å². The van der Waals surface area contributed by atoms with Crippen LogP contribution >= 0.6 is 0 Å². The van der Waals surface area contributed by atoms with Crippen LogP contribution in [0.5, 0.6) is 0 Å². The van der Waals surface area contributed by atoms with E-state index in [-0.39, 0.29) is 57.6 Å². The van der Waals surface area contributed by atoms with Gasteiger partial charge >= 0.3 is 17.1 Å². The number of benzene rings is 8. The molecule has 0 aliphatic heterocycles. The molecule has 0 heterocycles. The molecular weight excluding hydrogens is 1190 g/mol. The van der Waals surface area contributed by atoms with Crippen molar-refractivity contribution < 1.29 is 56.7 Å². The Labute approximate surface area is 510 Å². The zero-order valence-electron chi connectivity index (χ0n) is 48.5. The van der Waals surface area contributed by atoms with Crippen molar-refractivity contribution in [2.24, 2.45) is 0 Å². The van der Waals surface area contributed by atoms with Gasteiger partial charge in [0.2, 0.25) is 5.82 Å². The van der Waals surface area contributed by atoms with Gasteiger partial charge in [-0.2, -0.15) is 26.3 Å². The van der Waals surface area contributed by atoms with Crippen molar-refractivity contribution in [1.29, 1.82) is 0 Å². The van der Waals surface area contributed by atoms with Crippen molar-refractivity contribution in [3.8, 4) is 0 Å². The highest BCUT2D eigenvalue weighted by Crippen LogP contribution is 2.54. The minimum absolute atomic E-state index is 0.0146. The summed E-state index contributed by atoms with van der Waals surface area (Å²) in [7, 11) is -6.18. The summed E-state index contributed by atoms with van der Waals surface area (Å²) >= 11 is 0. The van der Waals surface area contributed by atoms with Crippen LogP contribution in [0.2, 0.25) is 0 Å². The van der Waals surface area contributed by atoms with E-state index < -0.39 is 66.5 Å². The smallest absolute Gasteiger partial charge is 0.217 e. The van der Waals surface area contributed by atoms with Crippen LogP contribution in [0.4, 0.5) is 48.3 Å². The molecule has 3 aliphatic rings. The van der Waals surface area contributed by atoms with E-state index in [0.29, 0.717) is 25.7 Å². The average Bonchev–Trinajstić information content (AvgIpc) is 0.760. The van der Waals surface area contributed by atoms with Gasteiger partial charge in [0.05, 0.1) is 26.7 Å². The molecule has 0 bridgehead atoms. The molecule has 0 amide bonds. The van der Waals surface area contributed by atoms with E-state index in [1.54, 1.807) is 12.1 Å². The van der Waals surface area contributed by atoms with E-state index in [0.717, 1.165) is 83.1 Å². The van der Waals surface area contributed by atoms with Gasteiger partial charge in [0.25, 0.3) is 9.84 Å². The lowest BCUT2D eigenvalue weighted by Gasteiger charge is -2.35. The molecule has 8 aromatic rings. The van der Waals surface area contributed by atoms with Crippen LogP contribution in [0, 0.1) is 36.0 Å². The third-order valence-electron chi connectivity index (χ3n) is 16.2. The second-order valence-electron chi connectivity index (χ2n) is 22.2. The van der Waals surface area contributed by atoms with E-state index in [1.165, 1.54) is 29.4 Å². The fourth-order valence-corrected chi connectivity index (χ4v) is 17.6. The first-order valence-electron chi connectivity index (χ1n) is 29.5. The zero-order chi connectivity index (χ0) is 62.4. The van der Waals surface area contributed by atoms with Crippen molar-refractivity contribution in [2.45, 2.75) is 179 Å². The van der Waals surface area contributed by atoms with E-state index in [1.807, 2.05) is 0 Å². The number of halogens is 11.